The highest BCUT2D eigenvalue weighted by atomic mass is 31.2. The molecule has 0 bridgehead atoms. The minimum atomic E-state index is -5.01. The molecule has 17 nitrogen and oxygen atoms in total. The lowest BCUT2D eigenvalue weighted by atomic mass is 10.1. The molecule has 3 N–H and O–H groups in total. The lowest BCUT2D eigenvalue weighted by molar-refractivity contribution is -0.161. The van der Waals surface area contributed by atoms with E-state index in [1.807, 2.05) is 0 Å². The van der Waals surface area contributed by atoms with Crippen LogP contribution in [0.25, 0.3) is 0 Å². The van der Waals surface area contributed by atoms with Crippen LogP contribution in [0.15, 0.2) is 194 Å². The van der Waals surface area contributed by atoms with Gasteiger partial charge in [0.1, 0.15) is 19.3 Å². The van der Waals surface area contributed by atoms with Crippen molar-refractivity contribution >= 4 is 39.5 Å². The Balaban J connectivity index is 5.50. The van der Waals surface area contributed by atoms with Gasteiger partial charge in [-0.25, -0.2) is 9.13 Å². The second-order valence-corrected chi connectivity index (χ2v) is 27.7. The Morgan fingerprint density at radius 3 is 0.750 bits per heavy atom. The monoisotopic (exact) mass is 1490 g/mol. The molecule has 19 heteroatoms. The third-order valence-corrected chi connectivity index (χ3v) is 16.9. The number of esters is 4. The van der Waals surface area contributed by atoms with Gasteiger partial charge in [0.2, 0.25) is 0 Å². The Labute approximate surface area is 627 Å². The summed E-state index contributed by atoms with van der Waals surface area (Å²) in [6.45, 7) is 4.22. The maximum absolute atomic E-state index is 13.1. The minimum absolute atomic E-state index is 0.0255. The van der Waals surface area contributed by atoms with Crippen molar-refractivity contribution in [1.29, 1.82) is 0 Å². The van der Waals surface area contributed by atoms with Crippen LogP contribution >= 0.6 is 15.6 Å². The number of carbonyl (C=O) groups excluding carboxylic acids is 4. The van der Waals surface area contributed by atoms with Crippen LogP contribution in [-0.2, 0) is 65.4 Å². The number of phosphoric acid groups is 2. The summed E-state index contributed by atoms with van der Waals surface area (Å²) in [7, 11) is -10.0. The van der Waals surface area contributed by atoms with E-state index in [0.29, 0.717) is 32.1 Å². The molecule has 5 unspecified atom stereocenters. The number of allylic oxidation sites excluding steroid dienone is 32. The van der Waals surface area contributed by atoms with E-state index in [1.54, 1.807) is 0 Å². The molecule has 0 aliphatic heterocycles. The third-order valence-electron chi connectivity index (χ3n) is 15.0. The first-order valence-electron chi connectivity index (χ1n) is 38.7. The van der Waals surface area contributed by atoms with E-state index in [2.05, 4.69) is 222 Å². The van der Waals surface area contributed by atoms with E-state index in [9.17, 15) is 43.2 Å². The fraction of sp³-hybridized carbons (Fsp3) is 0.576. The molecule has 0 aromatic carbocycles. The maximum Gasteiger partial charge on any atom is 0.472 e. The molecule has 0 rings (SSSR count). The van der Waals surface area contributed by atoms with Gasteiger partial charge in [-0.05, 0) is 180 Å². The molecule has 0 fully saturated rings. The van der Waals surface area contributed by atoms with E-state index < -0.39 is 97.5 Å². The highest BCUT2D eigenvalue weighted by Gasteiger charge is 2.30. The van der Waals surface area contributed by atoms with Crippen molar-refractivity contribution in [3.63, 3.8) is 0 Å². The summed E-state index contributed by atoms with van der Waals surface area (Å²) in [5.74, 6) is -2.35. The molecular formula is C85H134O17P2. The van der Waals surface area contributed by atoms with Crippen LogP contribution in [0, 0.1) is 0 Å². The standard InChI is InChI=1S/C85H134O17P2/c1-5-9-13-17-21-25-29-33-37-38-39-40-44-46-50-54-58-62-66-70-83(88)96-76-81(102-85(90)72-68-64-60-56-52-48-43-36-32-28-24-20-16-12-8-4)78-100-104(93,94)98-74-79(86)73-97-103(91,92)99-77-80(101-84(89)71-67-63-59-55-51-47-42-35-31-27-23-19-15-11-7-3)75-95-82(87)69-65-61-57-53-49-45-41-34-30-26-22-18-14-10-6-2/h9-16,21-28,33-37,39-43,46,49-50,52-53,56,79-81,86H,5-8,17-20,29-32,38,44-45,47-48,51,54-55,57-78H2,1-4H3,(H,91,92)(H,93,94)/b13-9-,14-10-,15-11-,16-12-,25-21-,26-22-,27-23-,28-24-,37-33-,40-39-,41-34-,42-35-,43-36-,50-46-,53-49-,56-52-. The number of ether oxygens (including phenoxy) is 4. The smallest absolute Gasteiger partial charge is 0.462 e. The molecule has 0 aliphatic carbocycles. The van der Waals surface area contributed by atoms with E-state index in [1.165, 1.54) is 0 Å². The molecule has 0 saturated heterocycles. The average molecular weight is 1490 g/mol. The van der Waals surface area contributed by atoms with Gasteiger partial charge in [0.15, 0.2) is 12.2 Å². The summed E-state index contributed by atoms with van der Waals surface area (Å²) in [5, 5.41) is 10.6. The van der Waals surface area contributed by atoms with Crippen LogP contribution in [0.2, 0.25) is 0 Å². The first-order valence-corrected chi connectivity index (χ1v) is 41.7. The zero-order chi connectivity index (χ0) is 76.0. The Morgan fingerprint density at radius 2 is 0.471 bits per heavy atom. The molecule has 0 aliphatic rings. The number of phosphoric ester groups is 2. The highest BCUT2D eigenvalue weighted by molar-refractivity contribution is 7.47. The lowest BCUT2D eigenvalue weighted by Crippen LogP contribution is -2.30. The van der Waals surface area contributed by atoms with Gasteiger partial charge in [-0.2, -0.15) is 0 Å². The highest BCUT2D eigenvalue weighted by Crippen LogP contribution is 2.45. The molecule has 0 aromatic rings. The predicted octanol–water partition coefficient (Wildman–Crippen LogP) is 22.5. The van der Waals surface area contributed by atoms with E-state index >= 15 is 0 Å². The first kappa shape index (κ1) is 97.9. The molecule has 0 spiro atoms. The van der Waals surface area contributed by atoms with Crippen LogP contribution < -0.4 is 0 Å². The summed E-state index contributed by atoms with van der Waals surface area (Å²) in [5.41, 5.74) is 0. The molecule has 0 saturated carbocycles. The summed E-state index contributed by atoms with van der Waals surface area (Å²) in [6.07, 6.45) is 91.4. The summed E-state index contributed by atoms with van der Waals surface area (Å²) >= 11 is 0. The van der Waals surface area contributed by atoms with Crippen LogP contribution in [0.1, 0.15) is 259 Å². The van der Waals surface area contributed by atoms with Crippen LogP contribution in [0.5, 0.6) is 0 Å². The van der Waals surface area contributed by atoms with Crippen molar-refractivity contribution in [2.75, 3.05) is 39.6 Å². The number of aliphatic hydroxyl groups is 1. The van der Waals surface area contributed by atoms with Gasteiger partial charge >= 0.3 is 39.5 Å². The zero-order valence-corrected chi connectivity index (χ0v) is 65.6. The van der Waals surface area contributed by atoms with Crippen molar-refractivity contribution < 1.29 is 80.2 Å². The third kappa shape index (κ3) is 74.2. The van der Waals surface area contributed by atoms with Crippen LogP contribution in [0.4, 0.5) is 0 Å². The van der Waals surface area contributed by atoms with Crippen molar-refractivity contribution in [3.8, 4) is 0 Å². The fourth-order valence-corrected chi connectivity index (χ4v) is 10.9. The molecular weight excluding hydrogens is 1350 g/mol. The molecule has 0 aromatic heterocycles. The normalized spacial score (nSPS) is 15.0. The van der Waals surface area contributed by atoms with Gasteiger partial charge in [0.25, 0.3) is 0 Å². The average Bonchev–Trinajstić information content (AvgIpc) is 0.918. The van der Waals surface area contributed by atoms with E-state index in [4.69, 9.17) is 37.0 Å². The molecule has 104 heavy (non-hydrogen) atoms. The number of hydrogen-bond acceptors (Lipinski definition) is 15. The fourth-order valence-electron chi connectivity index (χ4n) is 9.30. The van der Waals surface area contributed by atoms with Gasteiger partial charge in [-0.15, -0.1) is 0 Å². The lowest BCUT2D eigenvalue weighted by Gasteiger charge is -2.21. The summed E-state index contributed by atoms with van der Waals surface area (Å²) in [4.78, 5) is 72.9. The Morgan fingerprint density at radius 1 is 0.269 bits per heavy atom. The quantitative estimate of drug-likeness (QED) is 0.0169. The first-order chi connectivity index (χ1) is 50.7. The number of aliphatic hydroxyl groups excluding tert-OH is 1. The zero-order valence-electron chi connectivity index (χ0n) is 63.9. The van der Waals surface area contributed by atoms with Gasteiger partial charge < -0.3 is 33.8 Å². The largest absolute Gasteiger partial charge is 0.472 e. The van der Waals surface area contributed by atoms with Gasteiger partial charge in [-0.3, -0.25) is 37.3 Å². The SMILES string of the molecule is CC/C=C\C/C=C\C/C=C\C/C=C\C/C=C\CCCCCC(=O)OCC(COP(=O)(O)OCC(O)COP(=O)(O)OCC(COC(=O)CCCC/C=C\C/C=C\C/C=C\C/C=C\CC)OC(=O)CCCCCCC/C=C\C/C=C\C/C=C\CC)OC(=O)CCCC/C=C\C/C=C\C/C=C\C/C=C\CC. The minimum Gasteiger partial charge on any atom is -0.462 e. The van der Waals surface area contributed by atoms with E-state index in [-0.39, 0.29) is 25.7 Å². The maximum atomic E-state index is 13.1. The van der Waals surface area contributed by atoms with Gasteiger partial charge in [0, 0.05) is 25.7 Å². The van der Waals surface area contributed by atoms with Crippen LogP contribution in [-0.4, -0.2) is 96.7 Å². The molecule has 0 heterocycles. The number of rotatable bonds is 70. The van der Waals surface area contributed by atoms with E-state index in [0.717, 1.165) is 173 Å². The van der Waals surface area contributed by atoms with Gasteiger partial charge in [-0.1, -0.05) is 248 Å². The van der Waals surface area contributed by atoms with Crippen molar-refractivity contribution in [2.24, 2.45) is 0 Å². The Hall–Kier alpha value is -6.10. The Kier molecular flexibility index (Phi) is 70.7. The van der Waals surface area contributed by atoms with Crippen molar-refractivity contribution in [2.45, 2.75) is 277 Å². The second kappa shape index (κ2) is 75.1. The topological polar surface area (TPSA) is 237 Å². The number of carbonyl (C=O) groups is 4. The van der Waals surface area contributed by atoms with Crippen molar-refractivity contribution in [1.82, 2.24) is 0 Å². The molecule has 586 valence electrons. The summed E-state index contributed by atoms with van der Waals surface area (Å²) in [6, 6.07) is 0. The van der Waals surface area contributed by atoms with Crippen LogP contribution in [0.3, 0.4) is 0 Å². The number of unbranched alkanes of at least 4 members (excludes halogenated alkanes) is 12. The molecule has 0 radical (unpaired) electrons. The molecule has 0 amide bonds. The molecule has 5 atom stereocenters. The predicted molar refractivity (Wildman–Crippen MR) is 426 cm³/mol. The van der Waals surface area contributed by atoms with Gasteiger partial charge in [0.05, 0.1) is 26.4 Å². The van der Waals surface area contributed by atoms with Crippen molar-refractivity contribution in [3.05, 3.63) is 194 Å². The summed E-state index contributed by atoms with van der Waals surface area (Å²) < 4.78 is 68.4. The number of hydrogen-bond donors (Lipinski definition) is 3. The Bertz CT molecular complexity index is 2740. The second-order valence-electron chi connectivity index (χ2n) is 24.8.